The number of amides is 1. The maximum atomic E-state index is 12.3. The highest BCUT2D eigenvalue weighted by molar-refractivity contribution is 7.18. The Bertz CT molecular complexity index is 1020. The average molecular weight is 390 g/mol. The Labute approximate surface area is 155 Å². The van der Waals surface area contributed by atoms with Crippen LogP contribution in [-0.2, 0) is 0 Å². The summed E-state index contributed by atoms with van der Waals surface area (Å²) >= 11 is 8.29. The zero-order valence-corrected chi connectivity index (χ0v) is 14.7. The molecule has 3 aromatic rings. The molecule has 0 saturated heterocycles. The minimum Gasteiger partial charge on any atom is -0.478 e. The Morgan fingerprint density at radius 1 is 1.28 bits per heavy atom. The van der Waals surface area contributed by atoms with Crippen LogP contribution in [-0.4, -0.2) is 22.0 Å². The van der Waals surface area contributed by atoms with E-state index in [4.69, 9.17) is 16.7 Å². The van der Waals surface area contributed by atoms with Crippen molar-refractivity contribution >= 4 is 51.3 Å². The smallest absolute Gasteiger partial charge is 0.335 e. The first kappa shape index (κ1) is 17.1. The first-order chi connectivity index (χ1) is 12.0. The molecule has 0 fully saturated rings. The number of hydrogen-bond acceptors (Lipinski definition) is 6. The van der Waals surface area contributed by atoms with E-state index in [0.29, 0.717) is 15.6 Å². The van der Waals surface area contributed by atoms with E-state index in [1.807, 2.05) is 0 Å². The van der Waals surface area contributed by atoms with Gasteiger partial charge in [0.25, 0.3) is 5.91 Å². The maximum absolute atomic E-state index is 12.3. The maximum Gasteiger partial charge on any atom is 0.335 e. The number of hydrogen-bond donors (Lipinski definition) is 2. The number of nitrogens with one attached hydrogen (secondary N) is 1. The molecule has 1 aromatic carbocycles. The molecule has 2 heterocycles. The Balaban J connectivity index is 1.87. The number of aromatic nitrogens is 1. The van der Waals surface area contributed by atoms with Gasteiger partial charge in [0.2, 0.25) is 0 Å². The number of anilines is 1. The van der Waals surface area contributed by atoms with Crippen LogP contribution in [0.1, 0.15) is 25.6 Å². The molecule has 0 radical (unpaired) electrons. The van der Waals surface area contributed by atoms with Crippen molar-refractivity contribution in [2.45, 2.75) is 0 Å². The molecule has 2 aromatic heterocycles. The van der Waals surface area contributed by atoms with Crippen LogP contribution in [0.25, 0.3) is 10.6 Å². The molecule has 2 N–H and O–H groups in total. The van der Waals surface area contributed by atoms with Gasteiger partial charge in [0.1, 0.15) is 16.6 Å². The summed E-state index contributed by atoms with van der Waals surface area (Å²) in [5, 5.41) is 23.4. The number of aromatic carboxylic acids is 1. The van der Waals surface area contributed by atoms with Gasteiger partial charge >= 0.3 is 5.97 Å². The van der Waals surface area contributed by atoms with Crippen LogP contribution in [0.3, 0.4) is 0 Å². The predicted molar refractivity (Wildman–Crippen MR) is 96.5 cm³/mol. The van der Waals surface area contributed by atoms with E-state index in [0.717, 1.165) is 16.2 Å². The second-order valence-corrected chi connectivity index (χ2v) is 7.12. The number of carbonyl (C=O) groups excluding carboxylic acids is 1. The Morgan fingerprint density at radius 3 is 2.68 bits per heavy atom. The molecule has 0 aliphatic carbocycles. The van der Waals surface area contributed by atoms with Gasteiger partial charge in [-0.25, -0.2) is 9.78 Å². The molecule has 0 atom stereocenters. The van der Waals surface area contributed by atoms with Crippen molar-refractivity contribution in [3.05, 3.63) is 56.7 Å². The number of benzene rings is 1. The topological polar surface area (TPSA) is 103 Å². The highest BCUT2D eigenvalue weighted by atomic mass is 35.5. The Morgan fingerprint density at radius 2 is 2.04 bits per heavy atom. The highest BCUT2D eigenvalue weighted by Gasteiger charge is 2.17. The SMILES string of the molecule is N#Cc1sc(NC(=O)c2cccc(C(=O)O)c2)nc1-c1cc(Cl)cs1. The number of thiophene rings is 1. The molecular formula is C16H8ClN3O3S2. The number of rotatable bonds is 4. The summed E-state index contributed by atoms with van der Waals surface area (Å²) in [6.07, 6.45) is 0. The molecule has 0 spiro atoms. The fourth-order valence-electron chi connectivity index (χ4n) is 2.02. The van der Waals surface area contributed by atoms with E-state index < -0.39 is 11.9 Å². The van der Waals surface area contributed by atoms with Crippen LogP contribution in [0.4, 0.5) is 5.13 Å². The molecule has 3 rings (SSSR count). The van der Waals surface area contributed by atoms with E-state index >= 15 is 0 Å². The van der Waals surface area contributed by atoms with Crippen LogP contribution >= 0.6 is 34.3 Å². The lowest BCUT2D eigenvalue weighted by atomic mass is 10.1. The zero-order valence-electron chi connectivity index (χ0n) is 12.3. The van der Waals surface area contributed by atoms with Gasteiger partial charge in [-0.2, -0.15) is 5.26 Å². The van der Waals surface area contributed by atoms with Crippen molar-refractivity contribution in [1.29, 1.82) is 5.26 Å². The largest absolute Gasteiger partial charge is 0.478 e. The van der Waals surface area contributed by atoms with Crippen molar-refractivity contribution in [1.82, 2.24) is 4.98 Å². The lowest BCUT2D eigenvalue weighted by Gasteiger charge is -2.02. The van der Waals surface area contributed by atoms with Gasteiger partial charge < -0.3 is 5.11 Å². The number of carbonyl (C=O) groups is 2. The fourth-order valence-corrected chi connectivity index (χ4v) is 3.92. The summed E-state index contributed by atoms with van der Waals surface area (Å²) in [5.41, 5.74) is 0.659. The number of thiazole rings is 1. The van der Waals surface area contributed by atoms with Gasteiger partial charge in [-0.05, 0) is 24.3 Å². The first-order valence-corrected chi connectivity index (χ1v) is 8.85. The molecule has 0 bridgehead atoms. The monoisotopic (exact) mass is 389 g/mol. The second-order valence-electron chi connectivity index (χ2n) is 4.78. The number of carboxylic acids is 1. The van der Waals surface area contributed by atoms with E-state index in [-0.39, 0.29) is 16.3 Å². The van der Waals surface area contributed by atoms with Gasteiger partial charge in [0.05, 0.1) is 15.5 Å². The number of halogens is 1. The summed E-state index contributed by atoms with van der Waals surface area (Å²) in [4.78, 5) is 28.7. The number of nitriles is 1. The van der Waals surface area contributed by atoms with Crippen molar-refractivity contribution in [2.24, 2.45) is 0 Å². The van der Waals surface area contributed by atoms with Crippen LogP contribution in [0, 0.1) is 11.3 Å². The van der Waals surface area contributed by atoms with Crippen LogP contribution in [0.2, 0.25) is 5.02 Å². The summed E-state index contributed by atoms with van der Waals surface area (Å²) < 4.78 is 0. The molecule has 0 aliphatic heterocycles. The van der Waals surface area contributed by atoms with Crippen LogP contribution in [0.5, 0.6) is 0 Å². The van der Waals surface area contributed by atoms with E-state index in [9.17, 15) is 14.9 Å². The molecule has 0 unspecified atom stereocenters. The second kappa shape index (κ2) is 7.03. The van der Waals surface area contributed by atoms with E-state index in [1.54, 1.807) is 11.4 Å². The lowest BCUT2D eigenvalue weighted by Crippen LogP contribution is -2.12. The van der Waals surface area contributed by atoms with Crippen molar-refractivity contribution in [3.63, 3.8) is 0 Å². The quantitative estimate of drug-likeness (QED) is 0.690. The molecule has 0 saturated carbocycles. The normalized spacial score (nSPS) is 10.2. The summed E-state index contributed by atoms with van der Waals surface area (Å²) in [7, 11) is 0. The van der Waals surface area contributed by atoms with Gasteiger partial charge in [-0.1, -0.05) is 29.0 Å². The standard InChI is InChI=1S/C16H8ClN3O3S2/c17-10-5-11(24-7-10)13-12(6-18)25-16(19-13)20-14(21)8-2-1-3-9(4-8)15(22)23/h1-5,7H,(H,22,23)(H,19,20,21). The van der Waals surface area contributed by atoms with Gasteiger partial charge in [-0.15, -0.1) is 11.3 Å². The van der Waals surface area contributed by atoms with Gasteiger partial charge in [0.15, 0.2) is 5.13 Å². The third kappa shape index (κ3) is 3.69. The van der Waals surface area contributed by atoms with Crippen LogP contribution < -0.4 is 5.32 Å². The molecule has 1 amide bonds. The van der Waals surface area contributed by atoms with E-state index in [2.05, 4.69) is 16.4 Å². The van der Waals surface area contributed by atoms with Crippen molar-refractivity contribution < 1.29 is 14.7 Å². The molecule has 9 heteroatoms. The lowest BCUT2D eigenvalue weighted by molar-refractivity contribution is 0.0697. The molecule has 25 heavy (non-hydrogen) atoms. The van der Waals surface area contributed by atoms with Crippen molar-refractivity contribution in [3.8, 4) is 16.6 Å². The minimum absolute atomic E-state index is 0.0124. The number of nitrogens with zero attached hydrogens (tertiary/aromatic N) is 2. The summed E-state index contributed by atoms with van der Waals surface area (Å²) in [5.74, 6) is -1.62. The predicted octanol–water partition coefficient (Wildman–Crippen LogP) is 4.35. The average Bonchev–Trinajstić information content (AvgIpc) is 3.20. The third-order valence-corrected chi connectivity index (χ3v) is 5.28. The van der Waals surface area contributed by atoms with E-state index in [1.165, 1.54) is 35.6 Å². The molecular weight excluding hydrogens is 382 g/mol. The minimum atomic E-state index is -1.12. The highest BCUT2D eigenvalue weighted by Crippen LogP contribution is 2.35. The van der Waals surface area contributed by atoms with Crippen molar-refractivity contribution in [2.75, 3.05) is 5.32 Å². The number of carboxylic acid groups (broad SMARTS) is 1. The third-order valence-electron chi connectivity index (χ3n) is 3.12. The fraction of sp³-hybridized carbons (Fsp3) is 0. The summed E-state index contributed by atoms with van der Waals surface area (Å²) in [6, 6.07) is 9.41. The van der Waals surface area contributed by atoms with Crippen LogP contribution in [0.15, 0.2) is 35.7 Å². The molecule has 124 valence electrons. The molecule has 0 aliphatic rings. The Hall–Kier alpha value is -2.73. The first-order valence-electron chi connectivity index (χ1n) is 6.78. The molecule has 6 nitrogen and oxygen atoms in total. The zero-order chi connectivity index (χ0) is 18.0. The Kier molecular flexibility index (Phi) is 4.81. The van der Waals surface area contributed by atoms with Gasteiger partial charge in [0, 0.05) is 10.9 Å². The van der Waals surface area contributed by atoms with Gasteiger partial charge in [-0.3, -0.25) is 10.1 Å². The summed E-state index contributed by atoms with van der Waals surface area (Å²) in [6.45, 7) is 0.